The molecule has 0 radical (unpaired) electrons. The highest BCUT2D eigenvalue weighted by atomic mass is 16.6. The van der Waals surface area contributed by atoms with Crippen LogP contribution >= 0.6 is 0 Å². The third kappa shape index (κ3) is 7.01. The smallest absolute Gasteiger partial charge is 0.221 e. The summed E-state index contributed by atoms with van der Waals surface area (Å²) in [6.45, 7) is 8.40. The van der Waals surface area contributed by atoms with Gasteiger partial charge in [0.05, 0.1) is 49.2 Å². The Hall–Kier alpha value is -4.33. The van der Waals surface area contributed by atoms with Crippen molar-refractivity contribution in [3.05, 3.63) is 60.8 Å². The Bertz CT molecular complexity index is 1670. The predicted octanol–water partition coefficient (Wildman–Crippen LogP) is 3.31. The van der Waals surface area contributed by atoms with E-state index in [4.69, 9.17) is 14.5 Å². The van der Waals surface area contributed by atoms with Gasteiger partial charge in [-0.25, -0.2) is 24.6 Å². The maximum atomic E-state index is 10.3. The zero-order valence-corrected chi connectivity index (χ0v) is 24.8. The molecule has 13 nitrogen and oxygen atoms in total. The zero-order chi connectivity index (χ0) is 30.0. The number of nitrogens with zero attached hydrogens (tertiary/aromatic N) is 10. The van der Waals surface area contributed by atoms with Crippen molar-refractivity contribution in [3.63, 3.8) is 0 Å². The SMILES string of the molecule is Cn1cc(-c2cnc3nnn(Cc4cccc(-c5ncc(OCC6CCN(C(O)OC(C)(C)C)CC6)cn5)c4)c3n2)cn1. The Morgan fingerprint density at radius 2 is 1.81 bits per heavy atom. The number of ether oxygens (including phenoxy) is 2. The third-order valence-electron chi connectivity index (χ3n) is 7.28. The summed E-state index contributed by atoms with van der Waals surface area (Å²) in [5.41, 5.74) is 4.18. The fourth-order valence-corrected chi connectivity index (χ4v) is 5.02. The van der Waals surface area contributed by atoms with E-state index >= 15 is 0 Å². The number of hydrogen-bond acceptors (Lipinski definition) is 11. The highest BCUT2D eigenvalue weighted by Gasteiger charge is 2.27. The second-order valence-electron chi connectivity index (χ2n) is 11.8. The number of fused-ring (bicyclic) bond motifs is 1. The molecule has 1 fully saturated rings. The van der Waals surface area contributed by atoms with Crippen LogP contribution in [0.3, 0.4) is 0 Å². The standard InChI is InChI=1S/C30H36N10O3/c1-30(2,3)43-29(41)39-10-8-20(9-11-39)19-42-24-14-31-26(32-15-24)22-7-5-6-21(12-22)17-40-28-27(36-37-40)33-16-25(35-28)23-13-34-38(4)18-23/h5-7,12-16,18,20,29,41H,8-11,17,19H2,1-4H3. The number of aliphatic hydroxyl groups is 1. The van der Waals surface area contributed by atoms with E-state index < -0.39 is 6.41 Å². The molecule has 1 unspecified atom stereocenters. The first-order chi connectivity index (χ1) is 20.7. The molecule has 1 N–H and O–H groups in total. The van der Waals surface area contributed by atoms with Crippen molar-refractivity contribution in [2.75, 3.05) is 19.7 Å². The molecule has 0 spiro atoms. The van der Waals surface area contributed by atoms with Crippen molar-refractivity contribution in [1.29, 1.82) is 0 Å². The summed E-state index contributed by atoms with van der Waals surface area (Å²) in [5, 5.41) is 23.0. The van der Waals surface area contributed by atoms with Crippen molar-refractivity contribution in [1.82, 2.24) is 49.6 Å². The quantitative estimate of drug-likeness (QED) is 0.255. The van der Waals surface area contributed by atoms with Crippen LogP contribution in [0.1, 0.15) is 39.2 Å². The molecule has 5 aromatic rings. The first-order valence-electron chi connectivity index (χ1n) is 14.4. The maximum Gasteiger partial charge on any atom is 0.221 e. The van der Waals surface area contributed by atoms with Crippen LogP contribution < -0.4 is 4.74 Å². The molecule has 1 aromatic carbocycles. The number of aromatic nitrogens is 9. The van der Waals surface area contributed by atoms with Crippen molar-refractivity contribution in [3.8, 4) is 28.4 Å². The number of hydrogen-bond donors (Lipinski definition) is 1. The average Bonchev–Trinajstić information content (AvgIpc) is 3.61. The summed E-state index contributed by atoms with van der Waals surface area (Å²) < 4.78 is 15.2. The topological polar surface area (TPSA) is 142 Å². The van der Waals surface area contributed by atoms with Gasteiger partial charge in [0, 0.05) is 37.5 Å². The Kier molecular flexibility index (Phi) is 8.10. The molecule has 1 saturated heterocycles. The van der Waals surface area contributed by atoms with E-state index in [-0.39, 0.29) is 5.60 Å². The predicted molar refractivity (Wildman–Crippen MR) is 159 cm³/mol. The summed E-state index contributed by atoms with van der Waals surface area (Å²) in [5.74, 6) is 1.64. The van der Waals surface area contributed by atoms with Gasteiger partial charge in [-0.3, -0.25) is 9.58 Å². The zero-order valence-electron chi connectivity index (χ0n) is 24.8. The number of aryl methyl sites for hydroxylation is 1. The molecule has 0 saturated carbocycles. The van der Waals surface area contributed by atoms with E-state index in [0.717, 1.165) is 42.6 Å². The van der Waals surface area contributed by atoms with Crippen LogP contribution in [0.4, 0.5) is 0 Å². The molecule has 1 atom stereocenters. The average molecular weight is 585 g/mol. The Labute approximate surface area is 249 Å². The molecule has 1 aliphatic heterocycles. The van der Waals surface area contributed by atoms with Crippen LogP contribution in [0.25, 0.3) is 33.9 Å². The highest BCUT2D eigenvalue weighted by Crippen LogP contribution is 2.24. The Balaban J connectivity index is 1.06. The minimum Gasteiger partial charge on any atom is -0.490 e. The van der Waals surface area contributed by atoms with Crippen LogP contribution in [0.2, 0.25) is 0 Å². The van der Waals surface area contributed by atoms with Crippen molar-refractivity contribution < 1.29 is 14.6 Å². The first kappa shape index (κ1) is 28.8. The van der Waals surface area contributed by atoms with E-state index in [9.17, 15) is 5.11 Å². The van der Waals surface area contributed by atoms with Gasteiger partial charge >= 0.3 is 0 Å². The summed E-state index contributed by atoms with van der Waals surface area (Å²) in [7, 11) is 1.86. The number of piperidine rings is 1. The lowest BCUT2D eigenvalue weighted by Crippen LogP contribution is -2.46. The Morgan fingerprint density at radius 1 is 1.02 bits per heavy atom. The largest absolute Gasteiger partial charge is 0.490 e. The molecule has 43 heavy (non-hydrogen) atoms. The molecular weight excluding hydrogens is 548 g/mol. The van der Waals surface area contributed by atoms with Gasteiger partial charge in [0.1, 0.15) is 0 Å². The molecular formula is C30H36N10O3. The highest BCUT2D eigenvalue weighted by molar-refractivity contribution is 5.69. The summed E-state index contributed by atoms with van der Waals surface area (Å²) in [6.07, 6.45) is 9.73. The normalized spacial score (nSPS) is 15.7. The van der Waals surface area contributed by atoms with Crippen LogP contribution in [-0.4, -0.2) is 86.4 Å². The number of likely N-dealkylation sites (tertiary alicyclic amines) is 1. The van der Waals surface area contributed by atoms with Gasteiger partial charge in [0.15, 0.2) is 17.2 Å². The van der Waals surface area contributed by atoms with Gasteiger partial charge in [-0.05, 0) is 51.2 Å². The second kappa shape index (κ2) is 12.1. The molecule has 5 heterocycles. The molecule has 224 valence electrons. The first-order valence-corrected chi connectivity index (χ1v) is 14.4. The fraction of sp³-hybridized carbons (Fsp3) is 0.433. The number of benzene rings is 1. The second-order valence-corrected chi connectivity index (χ2v) is 11.8. The summed E-state index contributed by atoms with van der Waals surface area (Å²) in [6, 6.07) is 8.00. The van der Waals surface area contributed by atoms with Gasteiger partial charge in [-0.1, -0.05) is 23.4 Å². The van der Waals surface area contributed by atoms with Gasteiger partial charge in [0.2, 0.25) is 12.1 Å². The van der Waals surface area contributed by atoms with Crippen LogP contribution in [0, 0.1) is 5.92 Å². The lowest BCUT2D eigenvalue weighted by molar-refractivity contribution is -0.243. The maximum absolute atomic E-state index is 10.3. The van der Waals surface area contributed by atoms with Crippen LogP contribution in [-0.2, 0) is 18.3 Å². The molecule has 4 aromatic heterocycles. The number of rotatable bonds is 9. The van der Waals surface area contributed by atoms with E-state index in [2.05, 4.69) is 30.4 Å². The molecule has 13 heteroatoms. The van der Waals surface area contributed by atoms with Crippen LogP contribution in [0.15, 0.2) is 55.2 Å². The van der Waals surface area contributed by atoms with E-state index in [1.54, 1.807) is 34.2 Å². The van der Waals surface area contributed by atoms with Crippen molar-refractivity contribution >= 4 is 11.3 Å². The Morgan fingerprint density at radius 3 is 2.53 bits per heavy atom. The van der Waals surface area contributed by atoms with Crippen molar-refractivity contribution in [2.24, 2.45) is 13.0 Å². The van der Waals surface area contributed by atoms with Gasteiger partial charge < -0.3 is 14.6 Å². The lowest BCUT2D eigenvalue weighted by atomic mass is 9.98. The van der Waals surface area contributed by atoms with Gasteiger partial charge in [-0.15, -0.1) is 5.10 Å². The fourth-order valence-electron chi connectivity index (χ4n) is 5.02. The minimum absolute atomic E-state index is 0.389. The minimum atomic E-state index is -0.879. The molecule has 6 rings (SSSR count). The van der Waals surface area contributed by atoms with Crippen LogP contribution in [0.5, 0.6) is 5.75 Å². The monoisotopic (exact) mass is 584 g/mol. The van der Waals surface area contributed by atoms with Crippen molar-refractivity contribution in [2.45, 2.75) is 52.2 Å². The third-order valence-corrected chi connectivity index (χ3v) is 7.28. The van der Waals surface area contributed by atoms with E-state index in [0.29, 0.717) is 47.6 Å². The van der Waals surface area contributed by atoms with Gasteiger partial charge in [-0.2, -0.15) is 5.10 Å². The summed E-state index contributed by atoms with van der Waals surface area (Å²) in [4.78, 5) is 20.3. The van der Waals surface area contributed by atoms with E-state index in [1.165, 1.54) is 0 Å². The molecule has 0 bridgehead atoms. The molecule has 0 aliphatic carbocycles. The number of aliphatic hydroxyl groups excluding tert-OH is 1. The molecule has 0 amide bonds. The lowest BCUT2D eigenvalue weighted by Gasteiger charge is -2.37. The van der Waals surface area contributed by atoms with Gasteiger partial charge in [0.25, 0.3) is 0 Å². The van der Waals surface area contributed by atoms with E-state index in [1.807, 2.05) is 63.2 Å². The molecule has 1 aliphatic rings. The summed E-state index contributed by atoms with van der Waals surface area (Å²) >= 11 is 0.